The molecule has 0 aliphatic carbocycles. The van der Waals surface area contributed by atoms with Crippen LogP contribution >= 0.6 is 0 Å². The average Bonchev–Trinajstić information content (AvgIpc) is 2.90. The Labute approximate surface area is 200 Å². The Morgan fingerprint density at radius 3 is 1.47 bits per heavy atom. The Kier molecular flexibility index (Phi) is 9.29. The van der Waals surface area contributed by atoms with E-state index < -0.39 is 10.1 Å². The zero-order valence-corrected chi connectivity index (χ0v) is 19.3. The van der Waals surface area contributed by atoms with Crippen LogP contribution in [0.2, 0.25) is 0 Å². The molecule has 4 aromatic carbocycles. The molecule has 0 fully saturated rings. The maximum absolute atomic E-state index is 10.4. The van der Waals surface area contributed by atoms with E-state index in [4.69, 9.17) is 4.55 Å². The number of nitrogens with zero attached hydrogens (tertiary/aromatic N) is 1. The summed E-state index contributed by atoms with van der Waals surface area (Å²) in [6.45, 7) is 0. The van der Waals surface area contributed by atoms with Crippen LogP contribution < -0.4 is 0 Å². The number of aromatic nitrogens is 1. The van der Waals surface area contributed by atoms with Gasteiger partial charge in [0.05, 0.1) is 10.4 Å². The molecule has 0 saturated heterocycles. The highest BCUT2D eigenvalue weighted by molar-refractivity contribution is 7.85. The second-order valence-electron chi connectivity index (χ2n) is 7.14. The van der Waals surface area contributed by atoms with E-state index in [9.17, 15) is 8.42 Å². The van der Waals surface area contributed by atoms with E-state index in [-0.39, 0.29) is 4.90 Å². The molecule has 0 atom stereocenters. The first-order valence-electron chi connectivity index (χ1n) is 10.6. The molecule has 34 heavy (non-hydrogen) atoms. The summed E-state index contributed by atoms with van der Waals surface area (Å²) in [7, 11) is -4.00. The van der Waals surface area contributed by atoms with Crippen LogP contribution in [0.25, 0.3) is 23.1 Å². The Morgan fingerprint density at radius 2 is 1.00 bits per heavy atom. The van der Waals surface area contributed by atoms with Gasteiger partial charge in [-0.25, -0.2) is 0 Å². The van der Waals surface area contributed by atoms with Crippen molar-refractivity contribution in [3.8, 4) is 0 Å². The number of benzene rings is 4. The SMILES string of the molecule is C(=Cc1ccccc1)c1ccccc1.O=S(=O)(O)c1ccccc1.c1ccc2ncccc2c1. The van der Waals surface area contributed by atoms with Gasteiger partial charge >= 0.3 is 0 Å². The Hall–Kier alpha value is -4.06. The van der Waals surface area contributed by atoms with Crippen LogP contribution in [0.5, 0.6) is 0 Å². The van der Waals surface area contributed by atoms with E-state index in [0.717, 1.165) is 5.52 Å². The second-order valence-corrected chi connectivity index (χ2v) is 8.56. The molecule has 5 aromatic rings. The van der Waals surface area contributed by atoms with E-state index in [0.29, 0.717) is 0 Å². The van der Waals surface area contributed by atoms with Gasteiger partial charge in [-0.1, -0.05) is 115 Å². The van der Waals surface area contributed by atoms with Gasteiger partial charge in [-0.05, 0) is 35.4 Å². The van der Waals surface area contributed by atoms with Crippen LogP contribution in [0.15, 0.2) is 138 Å². The van der Waals surface area contributed by atoms with Gasteiger partial charge < -0.3 is 0 Å². The van der Waals surface area contributed by atoms with Crippen molar-refractivity contribution in [2.45, 2.75) is 4.90 Å². The first kappa shape index (κ1) is 24.6. The summed E-state index contributed by atoms with van der Waals surface area (Å²) in [5, 5.41) is 1.20. The second kappa shape index (κ2) is 12.8. The van der Waals surface area contributed by atoms with Crippen LogP contribution in [0.3, 0.4) is 0 Å². The molecular weight excluding hydrogens is 442 g/mol. The first-order chi connectivity index (χ1) is 16.5. The number of hydrogen-bond acceptors (Lipinski definition) is 3. The zero-order valence-electron chi connectivity index (χ0n) is 18.5. The van der Waals surface area contributed by atoms with Gasteiger partial charge in [-0.15, -0.1) is 0 Å². The lowest BCUT2D eigenvalue weighted by Gasteiger charge is -1.92. The van der Waals surface area contributed by atoms with E-state index in [2.05, 4.69) is 53.5 Å². The molecule has 170 valence electrons. The normalized spacial score (nSPS) is 10.6. The van der Waals surface area contributed by atoms with Gasteiger partial charge in [-0.3, -0.25) is 9.54 Å². The predicted molar refractivity (Wildman–Crippen MR) is 140 cm³/mol. The van der Waals surface area contributed by atoms with Gasteiger partial charge in [-0.2, -0.15) is 8.42 Å². The zero-order chi connectivity index (χ0) is 24.1. The van der Waals surface area contributed by atoms with Crippen LogP contribution in [-0.2, 0) is 10.1 Å². The van der Waals surface area contributed by atoms with Gasteiger partial charge in [0.2, 0.25) is 0 Å². The van der Waals surface area contributed by atoms with Gasteiger partial charge in [0, 0.05) is 11.6 Å². The van der Waals surface area contributed by atoms with Crippen molar-refractivity contribution in [1.82, 2.24) is 4.98 Å². The minimum Gasteiger partial charge on any atom is -0.282 e. The molecule has 0 unspecified atom stereocenters. The number of fused-ring (bicyclic) bond motifs is 1. The molecule has 0 amide bonds. The van der Waals surface area contributed by atoms with Crippen molar-refractivity contribution in [3.63, 3.8) is 0 Å². The summed E-state index contributed by atoms with van der Waals surface area (Å²) < 4.78 is 29.2. The summed E-state index contributed by atoms with van der Waals surface area (Å²) in [5.74, 6) is 0. The minimum absolute atomic E-state index is 0.0741. The van der Waals surface area contributed by atoms with E-state index in [1.54, 1.807) is 18.2 Å². The van der Waals surface area contributed by atoms with E-state index in [1.165, 1.54) is 28.6 Å². The summed E-state index contributed by atoms with van der Waals surface area (Å²) in [5.41, 5.74) is 3.53. The average molecular weight is 468 g/mol. The molecule has 0 aliphatic rings. The highest BCUT2D eigenvalue weighted by Crippen LogP contribution is 2.08. The van der Waals surface area contributed by atoms with Crippen molar-refractivity contribution < 1.29 is 13.0 Å². The molecule has 0 bridgehead atoms. The molecule has 1 heterocycles. The van der Waals surface area contributed by atoms with Gasteiger partial charge in [0.25, 0.3) is 10.1 Å². The van der Waals surface area contributed by atoms with Crippen LogP contribution in [-0.4, -0.2) is 18.0 Å². The van der Waals surface area contributed by atoms with Gasteiger partial charge in [0.15, 0.2) is 0 Å². The molecular formula is C29H25NO3S. The highest BCUT2D eigenvalue weighted by Gasteiger charge is 2.05. The maximum Gasteiger partial charge on any atom is 0.294 e. The molecule has 1 N–H and O–H groups in total. The fourth-order valence-electron chi connectivity index (χ4n) is 2.93. The fourth-order valence-corrected chi connectivity index (χ4v) is 3.43. The number of hydrogen-bond donors (Lipinski definition) is 1. The van der Waals surface area contributed by atoms with Crippen molar-refractivity contribution in [3.05, 3.63) is 145 Å². The fraction of sp³-hybridized carbons (Fsp3) is 0. The molecule has 0 spiro atoms. The lowest BCUT2D eigenvalue weighted by molar-refractivity contribution is 0.483. The summed E-state index contributed by atoms with van der Waals surface area (Å²) in [4.78, 5) is 4.11. The third-order valence-corrected chi connectivity index (χ3v) is 5.49. The smallest absolute Gasteiger partial charge is 0.282 e. The van der Waals surface area contributed by atoms with Crippen molar-refractivity contribution in [2.75, 3.05) is 0 Å². The predicted octanol–water partition coefficient (Wildman–Crippen LogP) is 7.03. The lowest BCUT2D eigenvalue weighted by atomic mass is 10.1. The van der Waals surface area contributed by atoms with Crippen molar-refractivity contribution >= 4 is 33.2 Å². The maximum atomic E-state index is 10.4. The molecule has 0 saturated carbocycles. The molecule has 0 radical (unpaired) electrons. The quantitative estimate of drug-likeness (QED) is 0.229. The van der Waals surface area contributed by atoms with Crippen LogP contribution in [0, 0.1) is 0 Å². The first-order valence-corrected chi connectivity index (χ1v) is 12.1. The molecule has 5 heteroatoms. The summed E-state index contributed by atoms with van der Waals surface area (Å²) in [6, 6.07) is 40.1. The van der Waals surface area contributed by atoms with Crippen LogP contribution in [0.1, 0.15) is 11.1 Å². The Balaban J connectivity index is 0.000000146. The molecule has 1 aromatic heterocycles. The van der Waals surface area contributed by atoms with Crippen molar-refractivity contribution in [2.24, 2.45) is 0 Å². The van der Waals surface area contributed by atoms with Gasteiger partial charge in [0.1, 0.15) is 0 Å². The Morgan fingerprint density at radius 1 is 0.559 bits per heavy atom. The summed E-state index contributed by atoms with van der Waals surface area (Å²) >= 11 is 0. The summed E-state index contributed by atoms with van der Waals surface area (Å²) in [6.07, 6.45) is 6.05. The minimum atomic E-state index is -4.00. The number of para-hydroxylation sites is 1. The molecule has 0 aliphatic heterocycles. The topological polar surface area (TPSA) is 67.3 Å². The number of rotatable bonds is 3. The molecule has 5 rings (SSSR count). The van der Waals surface area contributed by atoms with E-state index in [1.807, 2.05) is 66.9 Å². The largest absolute Gasteiger partial charge is 0.294 e. The Bertz CT molecular complexity index is 1300. The van der Waals surface area contributed by atoms with E-state index >= 15 is 0 Å². The van der Waals surface area contributed by atoms with Crippen molar-refractivity contribution in [1.29, 1.82) is 0 Å². The monoisotopic (exact) mass is 467 g/mol. The lowest BCUT2D eigenvalue weighted by Crippen LogP contribution is -1.96. The molecule has 4 nitrogen and oxygen atoms in total. The third kappa shape index (κ3) is 8.47. The third-order valence-electron chi connectivity index (χ3n) is 4.62. The van der Waals surface area contributed by atoms with Crippen LogP contribution in [0.4, 0.5) is 0 Å². The standard InChI is InChI=1S/C14H12.C9H7N.C6H6O3S/c1-3-7-13(8-4-1)11-12-14-9-5-2-6-10-14;1-2-6-9-8(4-1)5-3-7-10-9;7-10(8,9)6-4-2-1-3-5-6/h1-12H;1-7H;1-5H,(H,7,8,9). The number of pyridine rings is 1. The highest BCUT2D eigenvalue weighted by atomic mass is 32.2.